The van der Waals surface area contributed by atoms with Gasteiger partial charge in [0.2, 0.25) is 0 Å². The number of aryl methyl sites for hydroxylation is 1. The molecule has 0 spiro atoms. The lowest BCUT2D eigenvalue weighted by atomic mass is 10.0. The SMILES string of the molecule is C=Cc1c(C=CC)n(-c2cccc(-c3cccc(-n4c(C=C)c(C)c5ccccc54)c3)c2)c2ccccc12. The van der Waals surface area contributed by atoms with Gasteiger partial charge in [0.1, 0.15) is 0 Å². The molecule has 0 amide bonds. The molecule has 2 nitrogen and oxygen atoms in total. The van der Waals surface area contributed by atoms with E-state index in [1.807, 2.05) is 12.2 Å². The fourth-order valence-corrected chi connectivity index (χ4v) is 5.69. The number of para-hydroxylation sites is 2. The molecule has 38 heavy (non-hydrogen) atoms. The lowest BCUT2D eigenvalue weighted by molar-refractivity contribution is 1.10. The fourth-order valence-electron chi connectivity index (χ4n) is 5.69. The Morgan fingerprint density at radius 1 is 0.605 bits per heavy atom. The third-order valence-corrected chi connectivity index (χ3v) is 7.39. The smallest absolute Gasteiger partial charge is 0.0541 e. The average Bonchev–Trinajstić information content (AvgIpc) is 3.44. The third-order valence-electron chi connectivity index (χ3n) is 7.39. The van der Waals surface area contributed by atoms with E-state index in [0.717, 1.165) is 28.3 Å². The van der Waals surface area contributed by atoms with Crippen LogP contribution in [0.4, 0.5) is 0 Å². The van der Waals surface area contributed by atoms with Gasteiger partial charge >= 0.3 is 0 Å². The van der Waals surface area contributed by atoms with Crippen LogP contribution in [0.15, 0.2) is 116 Å². The molecule has 0 unspecified atom stereocenters. The van der Waals surface area contributed by atoms with Crippen molar-refractivity contribution >= 4 is 40.0 Å². The predicted molar refractivity (Wildman–Crippen MR) is 165 cm³/mol. The lowest BCUT2D eigenvalue weighted by Crippen LogP contribution is -1.98. The van der Waals surface area contributed by atoms with Crippen LogP contribution in [0.1, 0.15) is 29.4 Å². The van der Waals surface area contributed by atoms with Gasteiger partial charge in [0.25, 0.3) is 0 Å². The van der Waals surface area contributed by atoms with Gasteiger partial charge in [-0.05, 0) is 79.1 Å². The second kappa shape index (κ2) is 9.57. The Kier molecular flexibility index (Phi) is 5.94. The van der Waals surface area contributed by atoms with Crippen molar-refractivity contribution < 1.29 is 0 Å². The first-order valence-electron chi connectivity index (χ1n) is 13.0. The van der Waals surface area contributed by atoms with Crippen molar-refractivity contribution in [2.75, 3.05) is 0 Å². The van der Waals surface area contributed by atoms with Crippen LogP contribution in [0.3, 0.4) is 0 Å². The fraction of sp³-hybridized carbons (Fsp3) is 0.0556. The zero-order valence-corrected chi connectivity index (χ0v) is 21.9. The molecule has 0 aliphatic heterocycles. The molecule has 0 saturated heterocycles. The molecule has 6 aromatic rings. The molecule has 0 N–H and O–H groups in total. The highest BCUT2D eigenvalue weighted by atomic mass is 15.0. The minimum atomic E-state index is 1.12. The number of fused-ring (bicyclic) bond motifs is 2. The van der Waals surface area contributed by atoms with Gasteiger partial charge in [-0.2, -0.15) is 0 Å². The van der Waals surface area contributed by atoms with E-state index in [1.54, 1.807) is 0 Å². The maximum Gasteiger partial charge on any atom is 0.0541 e. The Morgan fingerprint density at radius 3 is 1.74 bits per heavy atom. The first-order chi connectivity index (χ1) is 18.7. The highest BCUT2D eigenvalue weighted by Gasteiger charge is 2.16. The highest BCUT2D eigenvalue weighted by Crippen LogP contribution is 2.34. The molecule has 184 valence electrons. The number of hydrogen-bond donors (Lipinski definition) is 0. The summed E-state index contributed by atoms with van der Waals surface area (Å²) in [4.78, 5) is 0. The second-order valence-corrected chi connectivity index (χ2v) is 9.52. The Hall–Kier alpha value is -4.82. The molecule has 0 aliphatic rings. The molecule has 0 fully saturated rings. The van der Waals surface area contributed by atoms with Crippen LogP contribution in [0.2, 0.25) is 0 Å². The first kappa shape index (κ1) is 23.6. The van der Waals surface area contributed by atoms with Crippen LogP contribution in [0.25, 0.3) is 62.5 Å². The molecule has 0 aliphatic carbocycles. The zero-order valence-electron chi connectivity index (χ0n) is 21.9. The molecule has 2 heterocycles. The van der Waals surface area contributed by atoms with Gasteiger partial charge in [0, 0.05) is 33.4 Å². The van der Waals surface area contributed by atoms with Gasteiger partial charge in [-0.3, -0.25) is 0 Å². The largest absolute Gasteiger partial charge is 0.310 e. The van der Waals surface area contributed by atoms with Crippen molar-refractivity contribution in [3.8, 4) is 22.5 Å². The van der Waals surface area contributed by atoms with Crippen molar-refractivity contribution in [2.24, 2.45) is 0 Å². The van der Waals surface area contributed by atoms with E-state index < -0.39 is 0 Å². The van der Waals surface area contributed by atoms with Crippen LogP contribution in [-0.4, -0.2) is 9.13 Å². The Bertz CT molecular complexity index is 1870. The van der Waals surface area contributed by atoms with E-state index >= 15 is 0 Å². The number of nitrogens with zero attached hydrogens (tertiary/aromatic N) is 2. The number of benzene rings is 4. The predicted octanol–water partition coefficient (Wildman–Crippen LogP) is 9.87. The van der Waals surface area contributed by atoms with E-state index in [9.17, 15) is 0 Å². The summed E-state index contributed by atoms with van der Waals surface area (Å²) in [6, 6.07) is 34.6. The average molecular weight is 491 g/mol. The first-order valence-corrected chi connectivity index (χ1v) is 13.0. The molecule has 2 aromatic heterocycles. The van der Waals surface area contributed by atoms with E-state index in [2.05, 4.69) is 145 Å². The van der Waals surface area contributed by atoms with E-state index in [4.69, 9.17) is 0 Å². The molecule has 6 rings (SSSR count). The Morgan fingerprint density at radius 2 is 1.16 bits per heavy atom. The van der Waals surface area contributed by atoms with E-state index in [-0.39, 0.29) is 0 Å². The van der Waals surface area contributed by atoms with Crippen LogP contribution in [-0.2, 0) is 0 Å². The van der Waals surface area contributed by atoms with Crippen LogP contribution in [0, 0.1) is 6.92 Å². The molecule has 0 bridgehead atoms. The number of aromatic nitrogens is 2. The summed E-state index contributed by atoms with van der Waals surface area (Å²) in [7, 11) is 0. The van der Waals surface area contributed by atoms with Crippen LogP contribution in [0.5, 0.6) is 0 Å². The standard InChI is InChI=1S/C36H30N2/c1-5-14-34-30(6-2)32-20-9-11-22-36(32)38(34)29-18-13-16-27(24-29)26-15-12-17-28(23-26)37-33(7-3)25(4)31-19-8-10-21-35(31)37/h5-24H,2-3H2,1,4H3. The topological polar surface area (TPSA) is 9.86 Å². The molecule has 0 saturated carbocycles. The minimum absolute atomic E-state index is 1.12. The molecule has 0 radical (unpaired) electrons. The monoisotopic (exact) mass is 490 g/mol. The third kappa shape index (κ3) is 3.65. The summed E-state index contributed by atoms with van der Waals surface area (Å²) < 4.78 is 4.64. The normalized spacial score (nSPS) is 11.5. The second-order valence-electron chi connectivity index (χ2n) is 9.52. The van der Waals surface area contributed by atoms with Gasteiger partial charge in [-0.1, -0.05) is 86.0 Å². The van der Waals surface area contributed by atoms with Crippen LogP contribution < -0.4 is 0 Å². The maximum atomic E-state index is 4.12. The molecule has 4 aromatic carbocycles. The number of rotatable bonds is 6. The highest BCUT2D eigenvalue weighted by molar-refractivity contribution is 5.95. The summed E-state index contributed by atoms with van der Waals surface area (Å²) in [5, 5.41) is 2.46. The summed E-state index contributed by atoms with van der Waals surface area (Å²) in [5.74, 6) is 0. The minimum Gasteiger partial charge on any atom is -0.310 e. The van der Waals surface area contributed by atoms with Crippen molar-refractivity contribution in [3.63, 3.8) is 0 Å². The summed E-state index contributed by atoms with van der Waals surface area (Å²) in [6.07, 6.45) is 8.17. The summed E-state index contributed by atoms with van der Waals surface area (Å²) >= 11 is 0. The van der Waals surface area contributed by atoms with Gasteiger partial charge in [-0.15, -0.1) is 0 Å². The van der Waals surface area contributed by atoms with Gasteiger partial charge in [0.05, 0.1) is 16.7 Å². The molecular formula is C36H30N2. The summed E-state index contributed by atoms with van der Waals surface area (Å²) in [6.45, 7) is 12.5. The van der Waals surface area contributed by atoms with Crippen molar-refractivity contribution in [1.29, 1.82) is 0 Å². The summed E-state index contributed by atoms with van der Waals surface area (Å²) in [5.41, 5.74) is 11.6. The molecular weight excluding hydrogens is 460 g/mol. The van der Waals surface area contributed by atoms with Crippen LogP contribution >= 0.6 is 0 Å². The Labute approximate surface area is 224 Å². The molecule has 2 heteroatoms. The number of allylic oxidation sites excluding steroid dienone is 1. The Balaban J connectivity index is 1.53. The quantitative estimate of drug-likeness (QED) is 0.220. The van der Waals surface area contributed by atoms with Crippen molar-refractivity contribution in [2.45, 2.75) is 13.8 Å². The number of hydrogen-bond acceptors (Lipinski definition) is 0. The van der Waals surface area contributed by atoms with Gasteiger partial charge < -0.3 is 9.13 Å². The van der Waals surface area contributed by atoms with Crippen molar-refractivity contribution in [3.05, 3.63) is 139 Å². The molecule has 0 atom stereocenters. The lowest BCUT2D eigenvalue weighted by Gasteiger charge is -2.14. The van der Waals surface area contributed by atoms with Gasteiger partial charge in [0.15, 0.2) is 0 Å². The van der Waals surface area contributed by atoms with Crippen molar-refractivity contribution in [1.82, 2.24) is 9.13 Å². The van der Waals surface area contributed by atoms with Gasteiger partial charge in [-0.25, -0.2) is 0 Å². The maximum absolute atomic E-state index is 4.12. The van der Waals surface area contributed by atoms with E-state index in [1.165, 1.54) is 38.5 Å². The van der Waals surface area contributed by atoms with E-state index in [0.29, 0.717) is 0 Å². The zero-order chi connectivity index (χ0) is 26.2.